The van der Waals surface area contributed by atoms with E-state index in [1.807, 2.05) is 0 Å². The molecule has 0 fully saturated rings. The lowest BCUT2D eigenvalue weighted by molar-refractivity contribution is -0.161. The average molecular weight is 1010 g/mol. The Balaban J connectivity index is 4.76. The van der Waals surface area contributed by atoms with Crippen LogP contribution >= 0.6 is 7.82 Å². The number of rotatable bonds is 51. The molecule has 0 aliphatic rings. The monoisotopic (exact) mass is 1000 g/mol. The number of carbonyl (C=O) groups is 3. The predicted molar refractivity (Wildman–Crippen MR) is 288 cm³/mol. The Morgan fingerprint density at radius 2 is 0.771 bits per heavy atom. The molecule has 0 amide bonds. The molecule has 0 saturated heterocycles. The average Bonchev–Trinajstić information content (AvgIpc) is 3.35. The maximum atomic E-state index is 12.9. The van der Waals surface area contributed by atoms with Crippen molar-refractivity contribution in [1.29, 1.82) is 0 Å². The maximum absolute atomic E-state index is 12.9. The highest BCUT2D eigenvalue weighted by atomic mass is 31.2. The van der Waals surface area contributed by atoms with Crippen molar-refractivity contribution in [2.45, 2.75) is 251 Å². The Morgan fingerprint density at radius 1 is 0.414 bits per heavy atom. The molecular weight excluding hydrogens is 904 g/mol. The van der Waals surface area contributed by atoms with Gasteiger partial charge < -0.3 is 24.2 Å². The van der Waals surface area contributed by atoms with Crippen molar-refractivity contribution in [3.05, 3.63) is 72.9 Å². The van der Waals surface area contributed by atoms with E-state index in [0.29, 0.717) is 19.3 Å². The number of ether oxygens (including phenoxy) is 3. The number of aliphatic hydroxyl groups excluding tert-OH is 1. The maximum Gasteiger partial charge on any atom is 0.472 e. The van der Waals surface area contributed by atoms with Gasteiger partial charge in [-0.2, -0.15) is 0 Å². The molecular formula is C58H101O11P. The Morgan fingerprint density at radius 3 is 1.20 bits per heavy atom. The van der Waals surface area contributed by atoms with Crippen LogP contribution in [0.25, 0.3) is 0 Å². The van der Waals surface area contributed by atoms with Crippen molar-refractivity contribution < 1.29 is 52.2 Å². The van der Waals surface area contributed by atoms with Gasteiger partial charge in [0.15, 0.2) is 6.10 Å². The lowest BCUT2D eigenvalue weighted by atomic mass is 10.0. The number of esters is 3. The molecule has 0 aliphatic carbocycles. The topological polar surface area (TPSA) is 155 Å². The van der Waals surface area contributed by atoms with Crippen LogP contribution < -0.4 is 0 Å². The van der Waals surface area contributed by atoms with Crippen molar-refractivity contribution in [2.24, 2.45) is 0 Å². The number of hydrogen-bond donors (Lipinski definition) is 2. The second-order valence-electron chi connectivity index (χ2n) is 18.4. The Bertz CT molecular complexity index is 1450. The first-order valence-corrected chi connectivity index (χ1v) is 29.3. The smallest absolute Gasteiger partial charge is 0.462 e. The molecule has 0 radical (unpaired) electrons. The third-order valence-electron chi connectivity index (χ3n) is 11.6. The third kappa shape index (κ3) is 49.9. The summed E-state index contributed by atoms with van der Waals surface area (Å²) in [5.41, 5.74) is 0. The molecule has 0 rings (SSSR count). The number of allylic oxidation sites excluding steroid dienone is 12. The first-order valence-electron chi connectivity index (χ1n) is 27.8. The summed E-state index contributed by atoms with van der Waals surface area (Å²) in [6, 6.07) is 0. The zero-order valence-corrected chi connectivity index (χ0v) is 45.4. The Hall–Kier alpha value is -3.08. The highest BCUT2D eigenvalue weighted by Gasteiger charge is 2.28. The van der Waals surface area contributed by atoms with Gasteiger partial charge in [-0.3, -0.25) is 23.4 Å². The van der Waals surface area contributed by atoms with Gasteiger partial charge in [0.05, 0.1) is 19.8 Å². The molecule has 0 saturated carbocycles. The van der Waals surface area contributed by atoms with Gasteiger partial charge >= 0.3 is 25.7 Å². The molecule has 0 aromatic rings. The fourth-order valence-electron chi connectivity index (χ4n) is 7.38. The van der Waals surface area contributed by atoms with Crippen molar-refractivity contribution >= 4 is 25.7 Å². The molecule has 11 nitrogen and oxygen atoms in total. The van der Waals surface area contributed by atoms with E-state index in [1.54, 1.807) is 0 Å². The Labute approximate surface area is 427 Å². The molecule has 2 N–H and O–H groups in total. The van der Waals surface area contributed by atoms with Crippen LogP contribution in [0.4, 0.5) is 0 Å². The van der Waals surface area contributed by atoms with Gasteiger partial charge in [0.2, 0.25) is 0 Å². The van der Waals surface area contributed by atoms with Gasteiger partial charge in [0, 0.05) is 19.3 Å². The molecule has 0 spiro atoms. The lowest BCUT2D eigenvalue weighted by Crippen LogP contribution is -2.30. The van der Waals surface area contributed by atoms with Crippen LogP contribution in [-0.2, 0) is 42.2 Å². The molecule has 404 valence electrons. The normalized spacial score (nSPS) is 14.0. The van der Waals surface area contributed by atoms with Gasteiger partial charge in [-0.05, 0) is 83.5 Å². The third-order valence-corrected chi connectivity index (χ3v) is 12.5. The molecule has 3 atom stereocenters. The number of phosphoric ester groups is 1. The molecule has 0 aliphatic heterocycles. The van der Waals surface area contributed by atoms with E-state index in [-0.39, 0.29) is 25.9 Å². The van der Waals surface area contributed by atoms with Crippen LogP contribution in [0.15, 0.2) is 72.9 Å². The lowest BCUT2D eigenvalue weighted by Gasteiger charge is -2.21. The van der Waals surface area contributed by atoms with Crippen LogP contribution in [0.2, 0.25) is 0 Å². The molecule has 0 heterocycles. The summed E-state index contributed by atoms with van der Waals surface area (Å²) >= 11 is 0. The minimum Gasteiger partial charge on any atom is -0.462 e. The number of carbonyl (C=O) groups excluding carboxylic acids is 3. The van der Waals surface area contributed by atoms with E-state index in [0.717, 1.165) is 122 Å². The van der Waals surface area contributed by atoms with Gasteiger partial charge in [-0.15, -0.1) is 0 Å². The zero-order chi connectivity index (χ0) is 51.3. The molecule has 12 heteroatoms. The number of unbranched alkanes of at least 4 members (excludes halogenated alkanes) is 22. The van der Waals surface area contributed by atoms with Crippen LogP contribution in [0.3, 0.4) is 0 Å². The van der Waals surface area contributed by atoms with Gasteiger partial charge in [-0.25, -0.2) is 4.57 Å². The second kappa shape index (κ2) is 52.2. The van der Waals surface area contributed by atoms with Crippen molar-refractivity contribution in [2.75, 3.05) is 26.4 Å². The predicted octanol–water partition coefficient (Wildman–Crippen LogP) is 16.1. The summed E-state index contributed by atoms with van der Waals surface area (Å²) in [4.78, 5) is 48.4. The molecule has 3 unspecified atom stereocenters. The number of aliphatic hydroxyl groups is 1. The van der Waals surface area contributed by atoms with E-state index >= 15 is 0 Å². The zero-order valence-electron chi connectivity index (χ0n) is 44.5. The first-order chi connectivity index (χ1) is 34.2. The molecule has 70 heavy (non-hydrogen) atoms. The number of hydrogen-bond acceptors (Lipinski definition) is 10. The summed E-state index contributed by atoms with van der Waals surface area (Å²) in [6.45, 7) is 4.42. The minimum absolute atomic E-state index is 0.144. The summed E-state index contributed by atoms with van der Waals surface area (Å²) < 4.78 is 39.4. The van der Waals surface area contributed by atoms with E-state index in [1.165, 1.54) is 57.8 Å². The minimum atomic E-state index is -4.75. The standard InChI is InChI=1S/C58H101O11P/c1-4-7-10-13-16-19-22-25-26-27-28-31-32-35-38-41-44-47-56(60)65-51-55(69-58(62)49-46-43-40-37-34-30-24-21-18-15-12-9-6-3)53-67-70(63,64)66-52-54(50-59)68-57(61)48-45-42-39-36-33-29-23-20-17-14-11-8-5-2/h7,10,12,15-16,19,21,24-26,28,31,54-55,59H,4-6,8-9,11,13-14,17-18,20,22-23,27,29-30,32-53H2,1-3H3,(H,63,64)/b10-7-,15-12-,19-16-,24-21-,26-25-,31-28-. The molecule has 0 aromatic carbocycles. The van der Waals surface area contributed by atoms with Crippen LogP contribution in [0, 0.1) is 0 Å². The van der Waals surface area contributed by atoms with E-state index in [9.17, 15) is 28.9 Å². The van der Waals surface area contributed by atoms with Gasteiger partial charge in [0.25, 0.3) is 0 Å². The largest absolute Gasteiger partial charge is 0.472 e. The van der Waals surface area contributed by atoms with E-state index < -0.39 is 57.8 Å². The second-order valence-corrected chi connectivity index (χ2v) is 19.8. The van der Waals surface area contributed by atoms with Crippen molar-refractivity contribution in [3.8, 4) is 0 Å². The summed E-state index contributed by atoms with van der Waals surface area (Å²) in [6.07, 6.45) is 57.2. The number of phosphoric acid groups is 1. The van der Waals surface area contributed by atoms with Gasteiger partial charge in [0.1, 0.15) is 12.7 Å². The Kier molecular flexibility index (Phi) is 50.0. The highest BCUT2D eigenvalue weighted by molar-refractivity contribution is 7.47. The summed E-state index contributed by atoms with van der Waals surface area (Å²) in [7, 11) is -4.75. The van der Waals surface area contributed by atoms with Gasteiger partial charge in [-0.1, -0.05) is 209 Å². The van der Waals surface area contributed by atoms with Crippen LogP contribution in [0.1, 0.15) is 239 Å². The van der Waals surface area contributed by atoms with Crippen molar-refractivity contribution in [3.63, 3.8) is 0 Å². The SMILES string of the molecule is CC/C=C\C/C=C\C/C=C\C/C=C\CCCCCCC(=O)OCC(COP(=O)(O)OCC(CO)OC(=O)CCCCCCCCCCCCCCC)OC(=O)CCCCCCC/C=C\C/C=C\CCC. The van der Waals surface area contributed by atoms with E-state index in [2.05, 4.69) is 93.7 Å². The van der Waals surface area contributed by atoms with Crippen LogP contribution in [-0.4, -0.2) is 66.5 Å². The first kappa shape index (κ1) is 66.9. The molecule has 0 aromatic heterocycles. The fraction of sp³-hybridized carbons (Fsp3) is 0.741. The fourth-order valence-corrected chi connectivity index (χ4v) is 8.17. The van der Waals surface area contributed by atoms with Crippen molar-refractivity contribution in [1.82, 2.24) is 0 Å². The quantitative estimate of drug-likeness (QED) is 0.0197. The van der Waals surface area contributed by atoms with Crippen LogP contribution in [0.5, 0.6) is 0 Å². The van der Waals surface area contributed by atoms with E-state index in [4.69, 9.17) is 23.3 Å². The summed E-state index contributed by atoms with van der Waals surface area (Å²) in [5, 5.41) is 9.79. The highest BCUT2D eigenvalue weighted by Crippen LogP contribution is 2.43. The summed E-state index contributed by atoms with van der Waals surface area (Å²) in [5.74, 6) is -1.51. The molecule has 0 bridgehead atoms.